The Labute approximate surface area is 187 Å². The molecule has 1 fully saturated rings. The third-order valence-corrected chi connectivity index (χ3v) is 7.82. The molecule has 0 unspecified atom stereocenters. The maximum Gasteiger partial charge on any atom is 0.408 e. The zero-order valence-corrected chi connectivity index (χ0v) is 19.5. The molecule has 0 saturated heterocycles. The summed E-state index contributed by atoms with van der Waals surface area (Å²) in [6.07, 6.45) is -0.717. The van der Waals surface area contributed by atoms with Gasteiger partial charge in [0.2, 0.25) is 0 Å². The lowest BCUT2D eigenvalue weighted by Crippen LogP contribution is -2.49. The standard InChI is InChI=1S/C22H27ClN2O5S/c1-21(2,3)30-20(26)25-22(13-24)18(14-5-9-16(29-4)10-6-14)19(22)31(27,28)17-11-7-15(23)8-12-17/h5-12,18-19H,13,24H2,1-4H3,(H,25,26)/t18-,19-,22-/m1/s1. The Bertz CT molecular complexity index is 1050. The summed E-state index contributed by atoms with van der Waals surface area (Å²) in [5.74, 6) is 0.0801. The molecule has 0 aliphatic heterocycles. The summed E-state index contributed by atoms with van der Waals surface area (Å²) in [6, 6.07) is 13.0. The van der Waals surface area contributed by atoms with Crippen molar-refractivity contribution in [1.82, 2.24) is 5.32 Å². The number of nitrogens with two attached hydrogens (primary N) is 1. The highest BCUT2D eigenvalue weighted by Gasteiger charge is 2.71. The minimum Gasteiger partial charge on any atom is -0.497 e. The lowest BCUT2D eigenvalue weighted by molar-refractivity contribution is 0.0497. The molecule has 0 aromatic heterocycles. The van der Waals surface area contributed by atoms with E-state index < -0.39 is 38.2 Å². The van der Waals surface area contributed by atoms with Crippen molar-refractivity contribution in [3.63, 3.8) is 0 Å². The Morgan fingerprint density at radius 3 is 2.19 bits per heavy atom. The van der Waals surface area contributed by atoms with E-state index in [-0.39, 0.29) is 11.4 Å². The topological polar surface area (TPSA) is 108 Å². The summed E-state index contributed by atoms with van der Waals surface area (Å²) in [7, 11) is -2.29. The molecule has 3 rings (SSSR count). The second-order valence-electron chi connectivity index (χ2n) is 8.54. The highest BCUT2D eigenvalue weighted by molar-refractivity contribution is 7.92. The number of methoxy groups -OCH3 is 1. The quantitative estimate of drug-likeness (QED) is 0.674. The molecule has 31 heavy (non-hydrogen) atoms. The van der Waals surface area contributed by atoms with Gasteiger partial charge in [0.05, 0.1) is 17.5 Å². The first kappa shape index (κ1) is 23.4. The fourth-order valence-electron chi connectivity index (χ4n) is 3.85. The Hall–Kier alpha value is -2.29. The van der Waals surface area contributed by atoms with Gasteiger partial charge >= 0.3 is 6.09 Å². The van der Waals surface area contributed by atoms with Crippen LogP contribution in [0.25, 0.3) is 0 Å². The van der Waals surface area contributed by atoms with Crippen LogP contribution in [-0.2, 0) is 14.6 Å². The molecular weight excluding hydrogens is 440 g/mol. The first-order valence-electron chi connectivity index (χ1n) is 9.79. The van der Waals surface area contributed by atoms with Crippen molar-refractivity contribution >= 4 is 27.5 Å². The van der Waals surface area contributed by atoms with Crippen molar-refractivity contribution in [2.75, 3.05) is 13.7 Å². The molecule has 7 nitrogen and oxygen atoms in total. The summed E-state index contributed by atoms with van der Waals surface area (Å²) in [6.45, 7) is 5.12. The smallest absolute Gasteiger partial charge is 0.408 e. The average Bonchev–Trinajstić information content (AvgIpc) is 3.36. The van der Waals surface area contributed by atoms with Crippen molar-refractivity contribution in [3.05, 3.63) is 59.1 Å². The maximum absolute atomic E-state index is 13.5. The molecule has 0 heterocycles. The average molecular weight is 467 g/mol. The molecule has 168 valence electrons. The summed E-state index contributed by atoms with van der Waals surface area (Å²) in [5.41, 5.74) is 4.85. The van der Waals surface area contributed by atoms with E-state index in [0.717, 1.165) is 5.56 Å². The molecule has 1 amide bonds. The van der Waals surface area contributed by atoms with Gasteiger partial charge in [0, 0.05) is 17.5 Å². The van der Waals surface area contributed by atoms with Crippen molar-refractivity contribution in [2.24, 2.45) is 5.73 Å². The zero-order chi connectivity index (χ0) is 23.0. The first-order valence-corrected chi connectivity index (χ1v) is 11.7. The first-order chi connectivity index (χ1) is 14.4. The summed E-state index contributed by atoms with van der Waals surface area (Å²) < 4.78 is 37.7. The number of alkyl carbamates (subject to hydrolysis) is 1. The number of amides is 1. The number of nitrogens with one attached hydrogen (secondary N) is 1. The third-order valence-electron chi connectivity index (χ3n) is 5.28. The van der Waals surface area contributed by atoms with Gasteiger partial charge in [0.1, 0.15) is 16.6 Å². The molecule has 0 radical (unpaired) electrons. The van der Waals surface area contributed by atoms with Crippen LogP contribution in [0.2, 0.25) is 5.02 Å². The van der Waals surface area contributed by atoms with Gasteiger partial charge in [0.15, 0.2) is 9.84 Å². The van der Waals surface area contributed by atoms with Gasteiger partial charge in [-0.05, 0) is 62.7 Å². The highest BCUT2D eigenvalue weighted by Crippen LogP contribution is 2.57. The van der Waals surface area contributed by atoms with Crippen LogP contribution >= 0.6 is 11.6 Å². The van der Waals surface area contributed by atoms with Crippen molar-refractivity contribution < 1.29 is 22.7 Å². The van der Waals surface area contributed by atoms with Gasteiger partial charge < -0.3 is 20.5 Å². The fraction of sp³-hybridized carbons (Fsp3) is 0.409. The molecule has 2 aromatic carbocycles. The predicted octanol–water partition coefficient (Wildman–Crippen LogP) is 3.51. The Kier molecular flexibility index (Phi) is 6.28. The van der Waals surface area contributed by atoms with Crippen LogP contribution in [0.15, 0.2) is 53.4 Å². The number of ether oxygens (including phenoxy) is 2. The molecule has 3 N–H and O–H groups in total. The number of hydrogen-bond acceptors (Lipinski definition) is 6. The van der Waals surface area contributed by atoms with E-state index in [0.29, 0.717) is 10.8 Å². The Balaban J connectivity index is 2.03. The van der Waals surface area contributed by atoms with Crippen LogP contribution in [0, 0.1) is 0 Å². The van der Waals surface area contributed by atoms with E-state index in [2.05, 4.69) is 5.32 Å². The van der Waals surface area contributed by atoms with Gasteiger partial charge in [-0.3, -0.25) is 0 Å². The Morgan fingerprint density at radius 2 is 1.71 bits per heavy atom. The predicted molar refractivity (Wildman–Crippen MR) is 119 cm³/mol. The third kappa shape index (κ3) is 4.66. The number of carbonyl (C=O) groups is 1. The van der Waals surface area contributed by atoms with Crippen molar-refractivity contribution in [2.45, 2.75) is 48.0 Å². The minimum atomic E-state index is -3.84. The zero-order valence-electron chi connectivity index (χ0n) is 17.9. The molecule has 3 atom stereocenters. The monoisotopic (exact) mass is 466 g/mol. The number of rotatable bonds is 6. The highest BCUT2D eigenvalue weighted by atomic mass is 35.5. The van der Waals surface area contributed by atoms with Crippen molar-refractivity contribution in [3.8, 4) is 5.75 Å². The van der Waals surface area contributed by atoms with E-state index in [4.69, 9.17) is 26.8 Å². The van der Waals surface area contributed by atoms with E-state index >= 15 is 0 Å². The normalized spacial score (nSPS) is 23.2. The summed E-state index contributed by atoms with van der Waals surface area (Å²) in [4.78, 5) is 12.7. The van der Waals surface area contributed by atoms with E-state index in [9.17, 15) is 13.2 Å². The lowest BCUT2D eigenvalue weighted by Gasteiger charge is -2.24. The number of halogens is 1. The molecule has 0 bridgehead atoms. The maximum atomic E-state index is 13.5. The summed E-state index contributed by atoms with van der Waals surface area (Å²) >= 11 is 5.92. The molecule has 1 aliphatic rings. The second kappa shape index (κ2) is 8.33. The molecule has 1 saturated carbocycles. The fourth-order valence-corrected chi connectivity index (χ4v) is 6.32. The van der Waals surface area contributed by atoms with E-state index in [1.807, 2.05) is 0 Å². The van der Waals surface area contributed by atoms with Crippen LogP contribution in [0.3, 0.4) is 0 Å². The summed E-state index contributed by atoms with van der Waals surface area (Å²) in [5, 5.41) is 2.23. The number of carbonyl (C=O) groups excluding carboxylic acids is 1. The number of benzene rings is 2. The van der Waals surface area contributed by atoms with Crippen LogP contribution < -0.4 is 15.8 Å². The molecule has 0 spiro atoms. The molecule has 1 aliphatic carbocycles. The van der Waals surface area contributed by atoms with Crippen LogP contribution in [0.5, 0.6) is 5.75 Å². The minimum absolute atomic E-state index is 0.0829. The SMILES string of the molecule is COc1ccc([C@@H]2[C@@H](S(=O)(=O)c3ccc(Cl)cc3)[C@]2(CN)NC(=O)OC(C)(C)C)cc1. The largest absolute Gasteiger partial charge is 0.497 e. The number of hydrogen-bond donors (Lipinski definition) is 2. The van der Waals surface area contributed by atoms with Crippen LogP contribution in [-0.4, -0.2) is 44.6 Å². The second-order valence-corrected chi connectivity index (χ2v) is 11.0. The van der Waals surface area contributed by atoms with Gasteiger partial charge in [-0.1, -0.05) is 23.7 Å². The van der Waals surface area contributed by atoms with Gasteiger partial charge in [-0.15, -0.1) is 0 Å². The van der Waals surface area contributed by atoms with Gasteiger partial charge in [-0.25, -0.2) is 13.2 Å². The van der Waals surface area contributed by atoms with Crippen LogP contribution in [0.1, 0.15) is 32.3 Å². The Morgan fingerprint density at radius 1 is 1.13 bits per heavy atom. The molecule has 2 aromatic rings. The number of sulfone groups is 1. The van der Waals surface area contributed by atoms with Crippen molar-refractivity contribution in [1.29, 1.82) is 0 Å². The van der Waals surface area contributed by atoms with E-state index in [1.54, 1.807) is 52.1 Å². The van der Waals surface area contributed by atoms with Crippen LogP contribution in [0.4, 0.5) is 4.79 Å². The van der Waals surface area contributed by atoms with E-state index in [1.165, 1.54) is 24.3 Å². The van der Waals surface area contributed by atoms with Gasteiger partial charge in [0.25, 0.3) is 0 Å². The lowest BCUT2D eigenvalue weighted by atomic mass is 10.1. The molecule has 9 heteroatoms. The molecular formula is C22H27ClN2O5S. The van der Waals surface area contributed by atoms with Gasteiger partial charge in [-0.2, -0.15) is 0 Å².